The number of rotatable bonds is 6. The number of nitrogens with zero attached hydrogens (tertiary/aromatic N) is 1. The number of nitrogens with one attached hydrogen (secondary N) is 1. The molecule has 0 aliphatic carbocycles. The third-order valence-electron chi connectivity index (χ3n) is 2.00. The monoisotopic (exact) mass is 210 g/mol. The fraction of sp³-hybridized carbons (Fsp3) is 0.400. The Labute approximate surface area is 88.2 Å². The van der Waals surface area contributed by atoms with E-state index < -0.39 is 4.92 Å². The van der Waals surface area contributed by atoms with E-state index in [-0.39, 0.29) is 5.69 Å². The van der Waals surface area contributed by atoms with Crippen LogP contribution in [0.2, 0.25) is 0 Å². The van der Waals surface area contributed by atoms with Crippen LogP contribution in [0.5, 0.6) is 0 Å². The summed E-state index contributed by atoms with van der Waals surface area (Å²) < 4.78 is 0. The summed E-state index contributed by atoms with van der Waals surface area (Å²) >= 11 is 0. The first-order valence-corrected chi connectivity index (χ1v) is 4.76. The number of nitro benzene ring substituents is 1. The molecule has 1 aromatic carbocycles. The molecule has 1 aromatic rings. The van der Waals surface area contributed by atoms with E-state index in [1.54, 1.807) is 19.2 Å². The van der Waals surface area contributed by atoms with Gasteiger partial charge in [0, 0.05) is 19.2 Å². The molecule has 0 amide bonds. The van der Waals surface area contributed by atoms with E-state index in [1.807, 2.05) is 0 Å². The van der Waals surface area contributed by atoms with E-state index in [1.165, 1.54) is 12.1 Å². The lowest BCUT2D eigenvalue weighted by molar-refractivity contribution is -0.384. The van der Waals surface area contributed by atoms with Crippen LogP contribution in [0.1, 0.15) is 12.0 Å². The van der Waals surface area contributed by atoms with E-state index in [4.69, 9.17) is 4.84 Å². The molecule has 0 heterocycles. The molecule has 1 N–H and O–H groups in total. The van der Waals surface area contributed by atoms with Gasteiger partial charge < -0.3 is 4.84 Å². The van der Waals surface area contributed by atoms with Crippen molar-refractivity contribution in [2.75, 3.05) is 13.7 Å². The average Bonchev–Trinajstić information content (AvgIpc) is 2.25. The Bertz CT molecular complexity index is 311. The summed E-state index contributed by atoms with van der Waals surface area (Å²) in [4.78, 5) is 15.0. The van der Waals surface area contributed by atoms with Gasteiger partial charge in [0.25, 0.3) is 5.69 Å². The predicted octanol–water partition coefficient (Wildman–Crippen LogP) is 1.68. The maximum atomic E-state index is 10.4. The maximum absolute atomic E-state index is 10.4. The molecule has 0 radical (unpaired) electrons. The maximum Gasteiger partial charge on any atom is 0.269 e. The van der Waals surface area contributed by atoms with Crippen LogP contribution in [0, 0.1) is 10.1 Å². The van der Waals surface area contributed by atoms with E-state index in [0.29, 0.717) is 6.61 Å². The zero-order chi connectivity index (χ0) is 11.1. The van der Waals surface area contributed by atoms with Gasteiger partial charge in [0.1, 0.15) is 0 Å². The summed E-state index contributed by atoms with van der Waals surface area (Å²) in [7, 11) is 1.71. The van der Waals surface area contributed by atoms with Crippen molar-refractivity contribution in [2.45, 2.75) is 12.8 Å². The quantitative estimate of drug-likeness (QED) is 0.440. The van der Waals surface area contributed by atoms with Gasteiger partial charge in [-0.1, -0.05) is 12.1 Å². The molecule has 0 aliphatic heterocycles. The molecule has 82 valence electrons. The van der Waals surface area contributed by atoms with Gasteiger partial charge in [-0.15, -0.1) is 0 Å². The SMILES string of the molecule is CNOCCCc1ccc([N+](=O)[O-])cc1. The van der Waals surface area contributed by atoms with Crippen molar-refractivity contribution in [1.82, 2.24) is 5.48 Å². The van der Waals surface area contributed by atoms with Crippen molar-refractivity contribution in [3.63, 3.8) is 0 Å². The second-order valence-electron chi connectivity index (χ2n) is 3.08. The fourth-order valence-corrected chi connectivity index (χ4v) is 1.23. The molecule has 0 aliphatic rings. The third kappa shape index (κ3) is 4.05. The first kappa shape index (κ1) is 11.6. The van der Waals surface area contributed by atoms with Crippen molar-refractivity contribution in [3.05, 3.63) is 39.9 Å². The average molecular weight is 210 g/mol. The molecule has 1 rings (SSSR count). The van der Waals surface area contributed by atoms with Crippen LogP contribution < -0.4 is 5.48 Å². The second-order valence-corrected chi connectivity index (χ2v) is 3.08. The second kappa shape index (κ2) is 6.10. The Balaban J connectivity index is 2.39. The van der Waals surface area contributed by atoms with E-state index in [0.717, 1.165) is 18.4 Å². The van der Waals surface area contributed by atoms with Gasteiger partial charge in [0.2, 0.25) is 0 Å². The molecule has 0 atom stereocenters. The van der Waals surface area contributed by atoms with Crippen LogP contribution in [-0.4, -0.2) is 18.6 Å². The normalized spacial score (nSPS) is 10.2. The fourth-order valence-electron chi connectivity index (χ4n) is 1.23. The highest BCUT2D eigenvalue weighted by molar-refractivity contribution is 5.32. The molecule has 0 aromatic heterocycles. The summed E-state index contributed by atoms with van der Waals surface area (Å²) in [5, 5.41) is 10.4. The highest BCUT2D eigenvalue weighted by Gasteiger charge is 2.03. The van der Waals surface area contributed by atoms with Crippen LogP contribution in [0.4, 0.5) is 5.69 Å². The number of nitro groups is 1. The molecule has 0 fully saturated rings. The van der Waals surface area contributed by atoms with Crippen molar-refractivity contribution >= 4 is 5.69 Å². The van der Waals surface area contributed by atoms with Gasteiger partial charge in [-0.25, -0.2) is 5.48 Å². The zero-order valence-electron chi connectivity index (χ0n) is 8.60. The molecule has 0 spiro atoms. The van der Waals surface area contributed by atoms with Gasteiger partial charge in [0.05, 0.1) is 11.5 Å². The van der Waals surface area contributed by atoms with Crippen LogP contribution in [0.15, 0.2) is 24.3 Å². The zero-order valence-corrected chi connectivity index (χ0v) is 8.60. The van der Waals surface area contributed by atoms with Crippen molar-refractivity contribution in [1.29, 1.82) is 0 Å². The number of aryl methyl sites for hydroxylation is 1. The lowest BCUT2D eigenvalue weighted by Crippen LogP contribution is -2.08. The van der Waals surface area contributed by atoms with E-state index in [9.17, 15) is 10.1 Å². The molecule has 0 bridgehead atoms. The Hall–Kier alpha value is -1.46. The summed E-state index contributed by atoms with van der Waals surface area (Å²) in [5.41, 5.74) is 3.80. The van der Waals surface area contributed by atoms with Crippen LogP contribution >= 0.6 is 0 Å². The lowest BCUT2D eigenvalue weighted by Gasteiger charge is -2.01. The number of benzene rings is 1. The molecular weight excluding hydrogens is 196 g/mol. The van der Waals surface area contributed by atoms with Gasteiger partial charge in [-0.2, -0.15) is 0 Å². The van der Waals surface area contributed by atoms with Crippen molar-refractivity contribution < 1.29 is 9.76 Å². The Morgan fingerprint density at radius 2 is 2.07 bits per heavy atom. The summed E-state index contributed by atoms with van der Waals surface area (Å²) in [6, 6.07) is 6.59. The third-order valence-corrected chi connectivity index (χ3v) is 2.00. The lowest BCUT2D eigenvalue weighted by atomic mass is 10.1. The van der Waals surface area contributed by atoms with E-state index in [2.05, 4.69) is 5.48 Å². The Morgan fingerprint density at radius 1 is 1.40 bits per heavy atom. The van der Waals surface area contributed by atoms with Crippen LogP contribution in [0.25, 0.3) is 0 Å². The smallest absolute Gasteiger partial charge is 0.269 e. The molecule has 5 heteroatoms. The summed E-state index contributed by atoms with van der Waals surface area (Å²) in [5.74, 6) is 0. The summed E-state index contributed by atoms with van der Waals surface area (Å²) in [6.45, 7) is 0.632. The predicted molar refractivity (Wildman–Crippen MR) is 56.4 cm³/mol. The highest BCUT2D eigenvalue weighted by atomic mass is 16.6. The number of hydrogen-bond donors (Lipinski definition) is 1. The van der Waals surface area contributed by atoms with Gasteiger partial charge in [0.15, 0.2) is 0 Å². The number of non-ortho nitro benzene ring substituents is 1. The molecule has 15 heavy (non-hydrogen) atoms. The van der Waals surface area contributed by atoms with Crippen molar-refractivity contribution in [2.24, 2.45) is 0 Å². The van der Waals surface area contributed by atoms with Gasteiger partial charge in [-0.3, -0.25) is 10.1 Å². The minimum absolute atomic E-state index is 0.130. The van der Waals surface area contributed by atoms with Crippen molar-refractivity contribution in [3.8, 4) is 0 Å². The highest BCUT2D eigenvalue weighted by Crippen LogP contribution is 2.12. The minimum atomic E-state index is -0.395. The topological polar surface area (TPSA) is 64.4 Å². The molecule has 0 saturated heterocycles. The first-order valence-electron chi connectivity index (χ1n) is 4.76. The molecule has 0 saturated carbocycles. The Morgan fingerprint density at radius 3 is 2.60 bits per heavy atom. The molecular formula is C10H14N2O3. The van der Waals surface area contributed by atoms with Gasteiger partial charge in [-0.05, 0) is 18.4 Å². The van der Waals surface area contributed by atoms with E-state index >= 15 is 0 Å². The Kier molecular flexibility index (Phi) is 4.73. The largest absolute Gasteiger partial charge is 0.302 e. The molecule has 5 nitrogen and oxygen atoms in total. The van der Waals surface area contributed by atoms with Crippen LogP contribution in [-0.2, 0) is 11.3 Å². The standard InChI is InChI=1S/C10H14N2O3/c1-11-15-8-2-3-9-4-6-10(7-5-9)12(13)14/h4-7,11H,2-3,8H2,1H3. The van der Waals surface area contributed by atoms with Crippen LogP contribution in [0.3, 0.4) is 0 Å². The number of hydrogen-bond acceptors (Lipinski definition) is 4. The number of hydroxylamine groups is 1. The summed E-state index contributed by atoms with van der Waals surface area (Å²) in [6.07, 6.45) is 1.75. The first-order chi connectivity index (χ1) is 7.24. The minimum Gasteiger partial charge on any atom is -0.302 e. The molecule has 0 unspecified atom stereocenters. The van der Waals surface area contributed by atoms with Gasteiger partial charge >= 0.3 is 0 Å².